The zero-order chi connectivity index (χ0) is 29.6. The van der Waals surface area contributed by atoms with Gasteiger partial charge >= 0.3 is 17.6 Å². The van der Waals surface area contributed by atoms with E-state index in [1.54, 1.807) is 97.9 Å². The zero-order valence-electron chi connectivity index (χ0n) is 22.4. The Balaban J connectivity index is 1.39. The summed E-state index contributed by atoms with van der Waals surface area (Å²) in [7, 11) is 0. The molecule has 1 unspecified atom stereocenters. The van der Waals surface area contributed by atoms with Gasteiger partial charge in [0.1, 0.15) is 12.7 Å². The van der Waals surface area contributed by atoms with E-state index >= 15 is 0 Å². The standard InChI is InChI=1S/C31H26IN3O7/c1-19-24(18-40-29(37)21-13-7-3-8-14-21)41-28(25(19)42-30(38)22-15-9-4-10-16-22)35-17-23(32)26(34-31(35)39)33-27(36)20-11-5-2-6-12-20/h2-17,19,24-25,28H,18H2,1H3,(H,33,34,36,39)/t19-,24+,25?,28+/m0/s1. The van der Waals surface area contributed by atoms with E-state index in [1.165, 1.54) is 10.8 Å². The molecule has 1 amide bonds. The molecule has 214 valence electrons. The lowest BCUT2D eigenvalue weighted by atomic mass is 10.0. The predicted octanol–water partition coefficient (Wildman–Crippen LogP) is 4.72. The van der Waals surface area contributed by atoms with E-state index in [1.807, 2.05) is 22.6 Å². The van der Waals surface area contributed by atoms with E-state index in [9.17, 15) is 19.2 Å². The molecule has 5 rings (SSSR count). The maximum atomic E-state index is 13.3. The number of carbonyl (C=O) groups excluding carboxylic acids is 3. The zero-order valence-corrected chi connectivity index (χ0v) is 24.5. The molecule has 1 aliphatic heterocycles. The minimum atomic E-state index is -1.07. The van der Waals surface area contributed by atoms with Crippen LogP contribution in [0.15, 0.2) is 102 Å². The average Bonchev–Trinajstić information content (AvgIpc) is 3.32. The van der Waals surface area contributed by atoms with Crippen molar-refractivity contribution >= 4 is 46.3 Å². The van der Waals surface area contributed by atoms with E-state index in [4.69, 9.17) is 14.2 Å². The molecule has 3 aromatic carbocycles. The number of anilines is 1. The van der Waals surface area contributed by atoms with Gasteiger partial charge in [0.15, 0.2) is 18.1 Å². The fourth-order valence-corrected chi connectivity index (χ4v) is 5.05. The number of carbonyl (C=O) groups is 3. The fraction of sp³-hybridized carbons (Fsp3) is 0.194. The van der Waals surface area contributed by atoms with E-state index in [2.05, 4.69) is 10.3 Å². The number of amides is 1. The Hall–Kier alpha value is -4.36. The minimum Gasteiger partial charge on any atom is -0.459 e. The Labute approximate surface area is 254 Å². The van der Waals surface area contributed by atoms with Crippen LogP contribution in [0.4, 0.5) is 5.82 Å². The molecule has 2 heterocycles. The van der Waals surface area contributed by atoms with Gasteiger partial charge in [-0.15, -0.1) is 0 Å². The summed E-state index contributed by atoms with van der Waals surface area (Å²) in [5, 5.41) is 2.66. The molecule has 11 heteroatoms. The fourth-order valence-electron chi connectivity index (χ4n) is 4.50. The van der Waals surface area contributed by atoms with Crippen molar-refractivity contribution in [3.05, 3.63) is 128 Å². The average molecular weight is 679 g/mol. The second-order valence-corrected chi connectivity index (χ2v) is 10.7. The molecule has 1 aromatic heterocycles. The highest BCUT2D eigenvalue weighted by Gasteiger charge is 2.47. The molecule has 42 heavy (non-hydrogen) atoms. The van der Waals surface area contributed by atoms with E-state index < -0.39 is 47.9 Å². The topological polar surface area (TPSA) is 126 Å². The molecule has 1 N–H and O–H groups in total. The van der Waals surface area contributed by atoms with Crippen molar-refractivity contribution in [1.82, 2.24) is 9.55 Å². The smallest absolute Gasteiger partial charge is 0.351 e. The van der Waals surface area contributed by atoms with Crippen LogP contribution in [-0.4, -0.2) is 46.2 Å². The summed E-state index contributed by atoms with van der Waals surface area (Å²) in [6, 6.07) is 25.5. The maximum absolute atomic E-state index is 13.3. The second-order valence-electron chi connectivity index (χ2n) is 9.57. The van der Waals surface area contributed by atoms with Crippen LogP contribution in [0.1, 0.15) is 44.2 Å². The van der Waals surface area contributed by atoms with Crippen molar-refractivity contribution in [3.8, 4) is 0 Å². The summed E-state index contributed by atoms with van der Waals surface area (Å²) >= 11 is 1.96. The Bertz CT molecular complexity index is 1630. The second kappa shape index (κ2) is 13.1. The number of halogens is 1. The molecule has 1 fully saturated rings. The highest BCUT2D eigenvalue weighted by atomic mass is 127. The van der Waals surface area contributed by atoms with Crippen LogP contribution in [0.5, 0.6) is 0 Å². The van der Waals surface area contributed by atoms with Crippen LogP contribution in [0, 0.1) is 9.49 Å². The van der Waals surface area contributed by atoms with Gasteiger partial charge in [0.05, 0.1) is 14.7 Å². The predicted molar refractivity (Wildman–Crippen MR) is 161 cm³/mol. The quantitative estimate of drug-likeness (QED) is 0.210. The first-order valence-corrected chi connectivity index (χ1v) is 14.2. The minimum absolute atomic E-state index is 0.0860. The van der Waals surface area contributed by atoms with Crippen molar-refractivity contribution in [2.45, 2.75) is 25.4 Å². The van der Waals surface area contributed by atoms with Gasteiger partial charge in [0.25, 0.3) is 5.91 Å². The third-order valence-electron chi connectivity index (χ3n) is 6.79. The molecule has 4 atom stereocenters. The Kier molecular flexibility index (Phi) is 9.08. The number of benzene rings is 3. The number of rotatable bonds is 8. The van der Waals surface area contributed by atoms with Crippen molar-refractivity contribution < 1.29 is 28.6 Å². The lowest BCUT2D eigenvalue weighted by molar-refractivity contribution is -0.0632. The van der Waals surface area contributed by atoms with Crippen molar-refractivity contribution in [2.24, 2.45) is 5.92 Å². The first-order valence-electron chi connectivity index (χ1n) is 13.1. The maximum Gasteiger partial charge on any atom is 0.351 e. The molecule has 0 bridgehead atoms. The molecule has 4 aromatic rings. The molecule has 1 saturated heterocycles. The van der Waals surface area contributed by atoms with Gasteiger partial charge in [0, 0.05) is 17.7 Å². The van der Waals surface area contributed by atoms with Crippen molar-refractivity contribution in [1.29, 1.82) is 0 Å². The molecule has 0 radical (unpaired) electrons. The highest BCUT2D eigenvalue weighted by Crippen LogP contribution is 2.36. The number of hydrogen-bond donors (Lipinski definition) is 1. The molecule has 1 aliphatic rings. The van der Waals surface area contributed by atoms with Crippen LogP contribution in [0.2, 0.25) is 0 Å². The SMILES string of the molecule is C[C@@H]1C(OC(=O)c2ccccc2)[C@H](n2cc(I)c(NC(=O)c3ccccc3)nc2=O)O[C@@H]1COC(=O)c1ccccc1. The van der Waals surface area contributed by atoms with Gasteiger partial charge in [-0.25, -0.2) is 14.4 Å². The first-order chi connectivity index (χ1) is 20.3. The van der Waals surface area contributed by atoms with Crippen molar-refractivity contribution in [2.75, 3.05) is 11.9 Å². The number of nitrogens with zero attached hydrogens (tertiary/aromatic N) is 2. The van der Waals surface area contributed by atoms with Gasteiger partial charge in [-0.3, -0.25) is 9.36 Å². The third-order valence-corrected chi connectivity index (χ3v) is 7.58. The van der Waals surface area contributed by atoms with Crippen LogP contribution >= 0.6 is 22.6 Å². The number of nitrogens with one attached hydrogen (secondary N) is 1. The van der Waals surface area contributed by atoms with E-state index in [0.717, 1.165) is 0 Å². The number of hydrogen-bond acceptors (Lipinski definition) is 8. The monoisotopic (exact) mass is 679 g/mol. The van der Waals surface area contributed by atoms with Crippen molar-refractivity contribution in [3.63, 3.8) is 0 Å². The molecule has 10 nitrogen and oxygen atoms in total. The van der Waals surface area contributed by atoms with Gasteiger partial charge < -0.3 is 19.5 Å². The normalized spacial score (nSPS) is 19.6. The van der Waals surface area contributed by atoms with Gasteiger partial charge in [-0.05, 0) is 59.0 Å². The van der Waals surface area contributed by atoms with E-state index in [-0.39, 0.29) is 12.4 Å². The number of ether oxygens (including phenoxy) is 3. The first kappa shape index (κ1) is 29.1. The lowest BCUT2D eigenvalue weighted by Crippen LogP contribution is -2.36. The third kappa shape index (κ3) is 6.58. The molecular formula is C31H26IN3O7. The van der Waals surface area contributed by atoms with Crippen LogP contribution in [0.3, 0.4) is 0 Å². The van der Waals surface area contributed by atoms with Crippen LogP contribution in [-0.2, 0) is 14.2 Å². The number of esters is 2. The molecular weight excluding hydrogens is 653 g/mol. The van der Waals surface area contributed by atoms with Gasteiger partial charge in [0.2, 0.25) is 0 Å². The molecule has 0 spiro atoms. The summed E-state index contributed by atoms with van der Waals surface area (Å²) in [4.78, 5) is 55.6. The largest absolute Gasteiger partial charge is 0.459 e. The van der Waals surface area contributed by atoms with Crippen LogP contribution < -0.4 is 11.0 Å². The Morgan fingerprint density at radius 3 is 2.02 bits per heavy atom. The lowest BCUT2D eigenvalue weighted by Gasteiger charge is -2.23. The Morgan fingerprint density at radius 2 is 1.43 bits per heavy atom. The van der Waals surface area contributed by atoms with E-state index in [0.29, 0.717) is 20.3 Å². The summed E-state index contributed by atoms with van der Waals surface area (Å²) in [6.45, 7) is 1.66. The molecule has 0 saturated carbocycles. The summed E-state index contributed by atoms with van der Waals surface area (Å²) < 4.78 is 19.3. The summed E-state index contributed by atoms with van der Waals surface area (Å²) in [5.74, 6) is -1.92. The summed E-state index contributed by atoms with van der Waals surface area (Å²) in [6.07, 6.45) is -1.20. The molecule has 0 aliphatic carbocycles. The van der Waals surface area contributed by atoms with Crippen LogP contribution in [0.25, 0.3) is 0 Å². The Morgan fingerprint density at radius 1 is 0.881 bits per heavy atom. The summed E-state index contributed by atoms with van der Waals surface area (Å²) in [5.41, 5.74) is 0.406. The number of aromatic nitrogens is 2. The highest BCUT2D eigenvalue weighted by molar-refractivity contribution is 14.1. The van der Waals surface area contributed by atoms with Gasteiger partial charge in [-0.2, -0.15) is 4.98 Å². The van der Waals surface area contributed by atoms with Gasteiger partial charge in [-0.1, -0.05) is 61.5 Å².